The molecule has 0 saturated carbocycles. The Morgan fingerprint density at radius 3 is 3.05 bits per heavy atom. The van der Waals surface area contributed by atoms with E-state index in [-0.39, 0.29) is 0 Å². The highest BCUT2D eigenvalue weighted by atomic mass is 32.2. The van der Waals surface area contributed by atoms with E-state index >= 15 is 0 Å². The second-order valence-electron chi connectivity index (χ2n) is 5.09. The van der Waals surface area contributed by atoms with Gasteiger partial charge in [0.25, 0.3) is 0 Å². The molecule has 0 bridgehead atoms. The Morgan fingerprint density at radius 2 is 2.24 bits per heavy atom. The SMILES string of the molecule is C#Cc1ccccc1CN1CCc2nc(SC)ncc2C1. The second-order valence-corrected chi connectivity index (χ2v) is 5.86. The van der Waals surface area contributed by atoms with Crippen LogP contribution in [0.2, 0.25) is 0 Å². The largest absolute Gasteiger partial charge is 0.294 e. The normalized spacial score (nSPS) is 14.5. The molecule has 1 aromatic carbocycles. The smallest absolute Gasteiger partial charge is 0.187 e. The Labute approximate surface area is 129 Å². The van der Waals surface area contributed by atoms with Gasteiger partial charge in [-0.15, -0.1) is 6.42 Å². The van der Waals surface area contributed by atoms with Crippen molar-refractivity contribution in [1.82, 2.24) is 14.9 Å². The number of thioether (sulfide) groups is 1. The van der Waals surface area contributed by atoms with Crippen molar-refractivity contribution >= 4 is 11.8 Å². The fourth-order valence-corrected chi connectivity index (χ4v) is 2.99. The van der Waals surface area contributed by atoms with Gasteiger partial charge in [-0.25, -0.2) is 9.97 Å². The van der Waals surface area contributed by atoms with Gasteiger partial charge >= 0.3 is 0 Å². The maximum absolute atomic E-state index is 5.57. The summed E-state index contributed by atoms with van der Waals surface area (Å²) in [6.07, 6.45) is 10.5. The van der Waals surface area contributed by atoms with E-state index in [4.69, 9.17) is 6.42 Å². The van der Waals surface area contributed by atoms with Gasteiger partial charge in [-0.05, 0) is 17.9 Å². The molecule has 3 nitrogen and oxygen atoms in total. The lowest BCUT2D eigenvalue weighted by atomic mass is 10.0. The lowest BCUT2D eigenvalue weighted by molar-refractivity contribution is 0.242. The van der Waals surface area contributed by atoms with Crippen molar-refractivity contribution in [2.45, 2.75) is 24.7 Å². The summed E-state index contributed by atoms with van der Waals surface area (Å²) in [4.78, 5) is 11.4. The molecular weight excluding hydrogens is 278 g/mol. The summed E-state index contributed by atoms with van der Waals surface area (Å²) in [6, 6.07) is 8.14. The molecule has 0 unspecified atom stereocenters. The van der Waals surface area contributed by atoms with Crippen LogP contribution in [0.1, 0.15) is 22.4 Å². The van der Waals surface area contributed by atoms with E-state index in [1.165, 1.54) is 16.8 Å². The average Bonchev–Trinajstić information content (AvgIpc) is 2.55. The third-order valence-corrected chi connectivity index (χ3v) is 4.30. The van der Waals surface area contributed by atoms with Gasteiger partial charge < -0.3 is 0 Å². The molecule has 3 rings (SSSR count). The second kappa shape index (κ2) is 6.30. The van der Waals surface area contributed by atoms with Crippen LogP contribution in [0.4, 0.5) is 0 Å². The number of hydrogen-bond donors (Lipinski definition) is 0. The van der Waals surface area contributed by atoms with Gasteiger partial charge in [0.1, 0.15) is 0 Å². The average molecular weight is 295 g/mol. The number of benzene rings is 1. The molecule has 0 spiro atoms. The summed E-state index contributed by atoms with van der Waals surface area (Å²) < 4.78 is 0. The molecular formula is C17H17N3S. The third-order valence-electron chi connectivity index (χ3n) is 3.74. The lowest BCUT2D eigenvalue weighted by Crippen LogP contribution is -2.31. The molecule has 4 heteroatoms. The minimum absolute atomic E-state index is 0.861. The summed E-state index contributed by atoms with van der Waals surface area (Å²) in [7, 11) is 0. The van der Waals surface area contributed by atoms with E-state index in [0.29, 0.717) is 0 Å². The first-order chi connectivity index (χ1) is 10.3. The van der Waals surface area contributed by atoms with Crippen LogP contribution in [0, 0.1) is 12.3 Å². The van der Waals surface area contributed by atoms with Gasteiger partial charge in [0, 0.05) is 43.4 Å². The maximum Gasteiger partial charge on any atom is 0.187 e. The minimum atomic E-state index is 0.861. The highest BCUT2D eigenvalue weighted by molar-refractivity contribution is 7.98. The van der Waals surface area contributed by atoms with E-state index in [1.807, 2.05) is 30.7 Å². The predicted molar refractivity (Wildman–Crippen MR) is 86.0 cm³/mol. The van der Waals surface area contributed by atoms with Crippen molar-refractivity contribution < 1.29 is 0 Å². The molecule has 0 radical (unpaired) electrons. The zero-order valence-electron chi connectivity index (χ0n) is 12.0. The van der Waals surface area contributed by atoms with Crippen molar-refractivity contribution in [2.75, 3.05) is 12.8 Å². The Kier molecular flexibility index (Phi) is 4.23. The standard InChI is InChI=1S/C17H17N3S/c1-3-13-6-4-5-7-14(13)11-20-9-8-16-15(12-20)10-18-17(19-16)21-2/h1,4-7,10H,8-9,11-12H2,2H3. The van der Waals surface area contributed by atoms with Crippen LogP contribution in [0.25, 0.3) is 0 Å². The number of fused-ring (bicyclic) bond motifs is 1. The van der Waals surface area contributed by atoms with Crippen molar-refractivity contribution in [1.29, 1.82) is 0 Å². The highest BCUT2D eigenvalue weighted by Crippen LogP contribution is 2.21. The third kappa shape index (κ3) is 3.10. The molecule has 0 aliphatic carbocycles. The molecule has 1 aromatic heterocycles. The fourth-order valence-electron chi connectivity index (χ4n) is 2.63. The molecule has 0 amide bonds. The number of terminal acetylenes is 1. The molecule has 2 aromatic rings. The summed E-state index contributed by atoms with van der Waals surface area (Å²) in [5.74, 6) is 2.77. The fraction of sp³-hybridized carbons (Fsp3) is 0.294. The zero-order chi connectivity index (χ0) is 14.7. The first kappa shape index (κ1) is 14.1. The van der Waals surface area contributed by atoms with E-state index in [9.17, 15) is 0 Å². The summed E-state index contributed by atoms with van der Waals surface area (Å²) in [5.41, 5.74) is 4.62. The summed E-state index contributed by atoms with van der Waals surface area (Å²) in [6.45, 7) is 2.78. The van der Waals surface area contributed by atoms with Gasteiger partial charge in [-0.2, -0.15) is 0 Å². The van der Waals surface area contributed by atoms with E-state index < -0.39 is 0 Å². The van der Waals surface area contributed by atoms with Crippen LogP contribution in [-0.4, -0.2) is 27.7 Å². The predicted octanol–water partition coefficient (Wildman–Crippen LogP) is 2.74. The lowest BCUT2D eigenvalue weighted by Gasteiger charge is -2.28. The number of rotatable bonds is 3. The van der Waals surface area contributed by atoms with Gasteiger partial charge in [-0.1, -0.05) is 35.9 Å². The summed E-state index contributed by atoms with van der Waals surface area (Å²) >= 11 is 1.59. The molecule has 1 aliphatic rings. The van der Waals surface area contributed by atoms with Crippen molar-refractivity contribution in [3.8, 4) is 12.3 Å². The van der Waals surface area contributed by atoms with Gasteiger partial charge in [-0.3, -0.25) is 4.90 Å². The molecule has 1 aliphatic heterocycles. The van der Waals surface area contributed by atoms with Crippen molar-refractivity contribution in [3.05, 3.63) is 52.8 Å². The van der Waals surface area contributed by atoms with E-state index in [0.717, 1.165) is 36.8 Å². The molecule has 0 fully saturated rings. The first-order valence-corrected chi connectivity index (χ1v) is 8.18. The Morgan fingerprint density at radius 1 is 1.38 bits per heavy atom. The van der Waals surface area contributed by atoms with Crippen LogP contribution >= 0.6 is 11.8 Å². The Hall–Kier alpha value is -1.83. The van der Waals surface area contributed by atoms with Crippen LogP contribution in [0.15, 0.2) is 35.6 Å². The van der Waals surface area contributed by atoms with E-state index in [2.05, 4.69) is 26.9 Å². The summed E-state index contributed by atoms with van der Waals surface area (Å²) in [5, 5.41) is 0.861. The van der Waals surface area contributed by atoms with Gasteiger partial charge in [0.15, 0.2) is 5.16 Å². The molecule has 0 N–H and O–H groups in total. The maximum atomic E-state index is 5.57. The Balaban J connectivity index is 1.76. The van der Waals surface area contributed by atoms with Gasteiger partial charge in [0.2, 0.25) is 0 Å². The van der Waals surface area contributed by atoms with Crippen LogP contribution in [-0.2, 0) is 19.5 Å². The van der Waals surface area contributed by atoms with Crippen molar-refractivity contribution in [2.24, 2.45) is 0 Å². The van der Waals surface area contributed by atoms with Crippen LogP contribution in [0.5, 0.6) is 0 Å². The molecule has 106 valence electrons. The van der Waals surface area contributed by atoms with E-state index in [1.54, 1.807) is 11.8 Å². The molecule has 21 heavy (non-hydrogen) atoms. The first-order valence-electron chi connectivity index (χ1n) is 6.96. The molecule has 2 heterocycles. The minimum Gasteiger partial charge on any atom is -0.294 e. The van der Waals surface area contributed by atoms with Crippen LogP contribution < -0.4 is 0 Å². The molecule has 0 saturated heterocycles. The Bertz CT molecular complexity index is 691. The monoisotopic (exact) mass is 295 g/mol. The number of nitrogens with zero attached hydrogens (tertiary/aromatic N) is 3. The van der Waals surface area contributed by atoms with Gasteiger partial charge in [0.05, 0.1) is 5.69 Å². The zero-order valence-corrected chi connectivity index (χ0v) is 12.9. The number of hydrogen-bond acceptors (Lipinski definition) is 4. The van der Waals surface area contributed by atoms with Crippen LogP contribution in [0.3, 0.4) is 0 Å². The number of aromatic nitrogens is 2. The quantitative estimate of drug-likeness (QED) is 0.495. The van der Waals surface area contributed by atoms with Crippen molar-refractivity contribution in [3.63, 3.8) is 0 Å². The highest BCUT2D eigenvalue weighted by Gasteiger charge is 2.19. The molecule has 0 atom stereocenters. The topological polar surface area (TPSA) is 29.0 Å².